The monoisotopic (exact) mass is 241 g/mol. The number of hydrogen-bond acceptors (Lipinski definition) is 2. The van der Waals surface area contributed by atoms with Crippen molar-refractivity contribution in [3.63, 3.8) is 0 Å². The maximum absolute atomic E-state index is 5.57. The maximum Gasteiger partial charge on any atom is 0.124 e. The zero-order chi connectivity index (χ0) is 12.4. The fraction of sp³-hybridized carbons (Fsp3) is 0.375. The van der Waals surface area contributed by atoms with Gasteiger partial charge in [-0.3, -0.25) is 0 Å². The summed E-state index contributed by atoms with van der Waals surface area (Å²) in [6.07, 6.45) is 3.78. The average Bonchev–Trinajstić information content (AvgIpc) is 2.47. The van der Waals surface area contributed by atoms with Crippen LogP contribution in [-0.4, -0.2) is 13.7 Å². The summed E-state index contributed by atoms with van der Waals surface area (Å²) in [6, 6.07) is 13.2. The molecule has 0 aliphatic carbocycles. The second-order valence-corrected chi connectivity index (χ2v) is 4.91. The summed E-state index contributed by atoms with van der Waals surface area (Å²) >= 11 is 0. The van der Waals surface area contributed by atoms with Crippen LogP contribution in [0.2, 0.25) is 0 Å². The molecule has 0 spiro atoms. The Hall–Kier alpha value is -1.54. The number of nitrogens with one attached hydrogen (secondary N) is 1. The predicted octanol–water partition coefficient (Wildman–Crippen LogP) is 3.66. The third-order valence-electron chi connectivity index (χ3n) is 3.81. The highest BCUT2D eigenvalue weighted by atomic mass is 16.5. The standard InChI is InChI=1S/C16H19NO/c1-18-15-10-9-12-6-2-3-7-13(12)16(15)14-8-4-5-11-17-14/h2-3,6-7,9-10,14,17H,4-5,8,11H2,1H3. The van der Waals surface area contributed by atoms with Crippen molar-refractivity contribution in [2.45, 2.75) is 25.3 Å². The molecule has 1 saturated heterocycles. The van der Waals surface area contributed by atoms with E-state index in [1.54, 1.807) is 7.11 Å². The third-order valence-corrected chi connectivity index (χ3v) is 3.81. The first kappa shape index (κ1) is 11.5. The number of ether oxygens (including phenoxy) is 1. The van der Waals surface area contributed by atoms with Crippen molar-refractivity contribution in [3.8, 4) is 5.75 Å². The van der Waals surface area contributed by atoms with Gasteiger partial charge in [0.2, 0.25) is 0 Å². The molecule has 2 nitrogen and oxygen atoms in total. The van der Waals surface area contributed by atoms with Crippen molar-refractivity contribution in [3.05, 3.63) is 42.0 Å². The topological polar surface area (TPSA) is 21.3 Å². The molecule has 1 heterocycles. The van der Waals surface area contributed by atoms with Crippen molar-refractivity contribution < 1.29 is 4.74 Å². The zero-order valence-corrected chi connectivity index (χ0v) is 10.8. The van der Waals surface area contributed by atoms with Crippen molar-refractivity contribution in [1.29, 1.82) is 0 Å². The minimum absolute atomic E-state index is 0.430. The summed E-state index contributed by atoms with van der Waals surface area (Å²) in [5.74, 6) is 1.01. The van der Waals surface area contributed by atoms with Gasteiger partial charge < -0.3 is 10.1 Å². The Morgan fingerprint density at radius 3 is 2.78 bits per heavy atom. The van der Waals surface area contributed by atoms with Gasteiger partial charge in [-0.05, 0) is 36.2 Å². The van der Waals surface area contributed by atoms with E-state index in [1.807, 2.05) is 0 Å². The van der Waals surface area contributed by atoms with Crippen LogP contribution in [0.5, 0.6) is 5.75 Å². The van der Waals surface area contributed by atoms with E-state index in [2.05, 4.69) is 41.7 Å². The second-order valence-electron chi connectivity index (χ2n) is 4.91. The van der Waals surface area contributed by atoms with Crippen LogP contribution < -0.4 is 10.1 Å². The molecule has 0 saturated carbocycles. The van der Waals surface area contributed by atoms with Gasteiger partial charge in [-0.2, -0.15) is 0 Å². The van der Waals surface area contributed by atoms with Gasteiger partial charge in [-0.25, -0.2) is 0 Å². The highest BCUT2D eigenvalue weighted by molar-refractivity contribution is 5.88. The van der Waals surface area contributed by atoms with E-state index in [1.165, 1.54) is 35.6 Å². The van der Waals surface area contributed by atoms with Crippen molar-refractivity contribution in [1.82, 2.24) is 5.32 Å². The first-order valence-electron chi connectivity index (χ1n) is 6.69. The molecule has 3 rings (SSSR count). The Morgan fingerprint density at radius 2 is 2.00 bits per heavy atom. The Balaban J connectivity index is 2.16. The molecule has 1 atom stereocenters. The lowest BCUT2D eigenvalue weighted by Gasteiger charge is -2.26. The molecule has 1 fully saturated rings. The van der Waals surface area contributed by atoms with Crippen LogP contribution in [0.15, 0.2) is 36.4 Å². The molecule has 1 N–H and O–H groups in total. The van der Waals surface area contributed by atoms with Crippen LogP contribution in [-0.2, 0) is 0 Å². The van der Waals surface area contributed by atoms with Crippen molar-refractivity contribution >= 4 is 10.8 Å². The van der Waals surface area contributed by atoms with E-state index >= 15 is 0 Å². The molecule has 2 aromatic rings. The molecular formula is C16H19NO. The van der Waals surface area contributed by atoms with Gasteiger partial charge in [-0.15, -0.1) is 0 Å². The van der Waals surface area contributed by atoms with Gasteiger partial charge >= 0.3 is 0 Å². The van der Waals surface area contributed by atoms with E-state index in [0.717, 1.165) is 12.3 Å². The van der Waals surface area contributed by atoms with Crippen LogP contribution in [0.3, 0.4) is 0 Å². The normalized spacial score (nSPS) is 19.9. The first-order chi connectivity index (χ1) is 8.90. The van der Waals surface area contributed by atoms with E-state index in [0.29, 0.717) is 6.04 Å². The van der Waals surface area contributed by atoms with Gasteiger partial charge in [-0.1, -0.05) is 36.8 Å². The van der Waals surface area contributed by atoms with Gasteiger partial charge in [0.05, 0.1) is 7.11 Å². The minimum Gasteiger partial charge on any atom is -0.496 e. The van der Waals surface area contributed by atoms with Crippen LogP contribution >= 0.6 is 0 Å². The average molecular weight is 241 g/mol. The summed E-state index contributed by atoms with van der Waals surface area (Å²) in [6.45, 7) is 1.11. The number of methoxy groups -OCH3 is 1. The van der Waals surface area contributed by atoms with E-state index in [9.17, 15) is 0 Å². The molecule has 18 heavy (non-hydrogen) atoms. The van der Waals surface area contributed by atoms with E-state index < -0.39 is 0 Å². The van der Waals surface area contributed by atoms with E-state index in [4.69, 9.17) is 4.74 Å². The lowest BCUT2D eigenvalue weighted by molar-refractivity contribution is 0.376. The number of fused-ring (bicyclic) bond motifs is 1. The molecule has 0 aromatic heterocycles. The molecule has 94 valence electrons. The number of benzene rings is 2. The quantitative estimate of drug-likeness (QED) is 0.866. The van der Waals surface area contributed by atoms with Crippen LogP contribution in [0.25, 0.3) is 10.8 Å². The lowest BCUT2D eigenvalue weighted by atomic mass is 9.92. The van der Waals surface area contributed by atoms with Crippen molar-refractivity contribution in [2.75, 3.05) is 13.7 Å². The smallest absolute Gasteiger partial charge is 0.124 e. The maximum atomic E-state index is 5.57. The molecule has 1 aliphatic heterocycles. The molecule has 0 bridgehead atoms. The van der Waals surface area contributed by atoms with Crippen molar-refractivity contribution in [2.24, 2.45) is 0 Å². The summed E-state index contributed by atoms with van der Waals surface area (Å²) < 4.78 is 5.57. The minimum atomic E-state index is 0.430. The predicted molar refractivity (Wildman–Crippen MR) is 75.1 cm³/mol. The van der Waals surface area contributed by atoms with Crippen LogP contribution in [0, 0.1) is 0 Å². The van der Waals surface area contributed by atoms with Crippen LogP contribution in [0.4, 0.5) is 0 Å². The zero-order valence-electron chi connectivity index (χ0n) is 10.8. The summed E-state index contributed by atoms with van der Waals surface area (Å²) in [5, 5.41) is 6.23. The highest BCUT2D eigenvalue weighted by Gasteiger charge is 2.20. The Morgan fingerprint density at radius 1 is 1.11 bits per heavy atom. The van der Waals surface area contributed by atoms with Gasteiger partial charge in [0.25, 0.3) is 0 Å². The SMILES string of the molecule is COc1ccc2ccccc2c1C1CCCCN1. The lowest BCUT2D eigenvalue weighted by Crippen LogP contribution is -2.27. The molecule has 0 radical (unpaired) electrons. The summed E-state index contributed by atoms with van der Waals surface area (Å²) in [7, 11) is 1.76. The molecule has 1 aliphatic rings. The Kier molecular flexibility index (Phi) is 3.20. The molecular weight excluding hydrogens is 222 g/mol. The first-order valence-corrected chi connectivity index (χ1v) is 6.69. The Labute approximate surface area is 108 Å². The van der Waals surface area contributed by atoms with E-state index in [-0.39, 0.29) is 0 Å². The van der Waals surface area contributed by atoms with Gasteiger partial charge in [0, 0.05) is 11.6 Å². The molecule has 2 aromatic carbocycles. The number of piperidine rings is 1. The van der Waals surface area contributed by atoms with Gasteiger partial charge in [0.15, 0.2) is 0 Å². The summed E-state index contributed by atoms with van der Waals surface area (Å²) in [5.41, 5.74) is 1.33. The largest absolute Gasteiger partial charge is 0.496 e. The van der Waals surface area contributed by atoms with Gasteiger partial charge in [0.1, 0.15) is 5.75 Å². The fourth-order valence-electron chi connectivity index (χ4n) is 2.91. The molecule has 2 heteroatoms. The molecule has 1 unspecified atom stereocenters. The third kappa shape index (κ3) is 1.97. The number of hydrogen-bond donors (Lipinski definition) is 1. The highest BCUT2D eigenvalue weighted by Crippen LogP contribution is 2.36. The molecule has 0 amide bonds. The Bertz CT molecular complexity index is 544. The second kappa shape index (κ2) is 4.99. The van der Waals surface area contributed by atoms with Crippen LogP contribution in [0.1, 0.15) is 30.9 Å². The number of rotatable bonds is 2. The fourth-order valence-corrected chi connectivity index (χ4v) is 2.91. The summed E-state index contributed by atoms with van der Waals surface area (Å²) in [4.78, 5) is 0.